The molecule has 1 amide bonds. The van der Waals surface area contributed by atoms with Crippen LogP contribution in [0.1, 0.15) is 41.6 Å². The van der Waals surface area contributed by atoms with Crippen LogP contribution in [0, 0.1) is 0 Å². The van der Waals surface area contributed by atoms with E-state index in [1.165, 1.54) is 10.7 Å². The third-order valence-corrected chi connectivity index (χ3v) is 6.00. The summed E-state index contributed by atoms with van der Waals surface area (Å²) in [6.07, 6.45) is -1.68. The van der Waals surface area contributed by atoms with Gasteiger partial charge in [-0.25, -0.2) is 4.68 Å². The van der Waals surface area contributed by atoms with E-state index in [0.717, 1.165) is 30.6 Å². The molecule has 0 radical (unpaired) electrons. The summed E-state index contributed by atoms with van der Waals surface area (Å²) in [6, 6.07) is 10.1. The van der Waals surface area contributed by atoms with Gasteiger partial charge in [-0.3, -0.25) is 4.79 Å². The van der Waals surface area contributed by atoms with Gasteiger partial charge in [-0.2, -0.15) is 18.3 Å². The number of alkyl halides is 3. The first-order valence-corrected chi connectivity index (χ1v) is 9.64. The molecule has 27 heavy (non-hydrogen) atoms. The number of carbonyl (C=O) groups is 1. The van der Waals surface area contributed by atoms with Crippen molar-refractivity contribution in [2.45, 2.75) is 38.4 Å². The van der Waals surface area contributed by atoms with Gasteiger partial charge in [0.05, 0.1) is 10.6 Å². The van der Waals surface area contributed by atoms with Crippen LogP contribution >= 0.6 is 11.3 Å². The van der Waals surface area contributed by atoms with Crippen LogP contribution < -0.4 is 0 Å². The first-order chi connectivity index (χ1) is 12.9. The van der Waals surface area contributed by atoms with Crippen molar-refractivity contribution in [3.05, 3.63) is 47.0 Å². The summed E-state index contributed by atoms with van der Waals surface area (Å²) in [5.74, 6) is -0.198. The van der Waals surface area contributed by atoms with E-state index in [-0.39, 0.29) is 17.3 Å². The topological polar surface area (TPSA) is 38.1 Å². The molecule has 1 saturated heterocycles. The Hall–Kier alpha value is -2.35. The zero-order valence-electron chi connectivity index (χ0n) is 14.7. The first-order valence-electron chi connectivity index (χ1n) is 8.82. The van der Waals surface area contributed by atoms with Gasteiger partial charge in [-0.1, -0.05) is 18.2 Å². The summed E-state index contributed by atoms with van der Waals surface area (Å²) in [4.78, 5) is 15.3. The molecule has 142 valence electrons. The van der Waals surface area contributed by atoms with Crippen molar-refractivity contribution in [1.29, 1.82) is 0 Å². The van der Waals surface area contributed by atoms with Crippen LogP contribution in [0.15, 0.2) is 36.4 Å². The fraction of sp³-hybridized carbons (Fsp3) is 0.368. The number of rotatable bonds is 2. The molecule has 0 bridgehead atoms. The van der Waals surface area contributed by atoms with E-state index in [0.29, 0.717) is 21.9 Å². The Kier molecular flexibility index (Phi) is 4.46. The molecular formula is C19H18F3N3OS. The number of carbonyl (C=O) groups excluding carboxylic acids is 1. The maximum atomic E-state index is 13.5. The molecule has 0 aliphatic carbocycles. The van der Waals surface area contributed by atoms with Gasteiger partial charge in [0.1, 0.15) is 4.83 Å². The van der Waals surface area contributed by atoms with Gasteiger partial charge < -0.3 is 4.90 Å². The molecule has 0 saturated carbocycles. The number of piperidine rings is 1. The van der Waals surface area contributed by atoms with Crippen LogP contribution in [0.5, 0.6) is 0 Å². The summed E-state index contributed by atoms with van der Waals surface area (Å²) < 4.78 is 41.8. The fourth-order valence-corrected chi connectivity index (χ4v) is 4.60. The standard InChI is InChI=1S/C19H18F3N3OS/c1-12-7-5-6-10-24(12)17(26)15-11-14-16(19(20,21)22)23-25(18(14)27-15)13-8-3-2-4-9-13/h2-4,8-9,11-12H,5-7,10H2,1H3/t12-/m1/s1. The Morgan fingerprint density at radius 2 is 1.96 bits per heavy atom. The zero-order valence-corrected chi connectivity index (χ0v) is 15.5. The quantitative estimate of drug-likeness (QED) is 0.606. The minimum Gasteiger partial charge on any atom is -0.335 e. The number of aromatic nitrogens is 2. The Labute approximate surface area is 158 Å². The van der Waals surface area contributed by atoms with Gasteiger partial charge in [-0.15, -0.1) is 11.3 Å². The monoisotopic (exact) mass is 393 g/mol. The lowest BCUT2D eigenvalue weighted by atomic mass is 10.0. The summed E-state index contributed by atoms with van der Waals surface area (Å²) in [5, 5.41) is 3.77. The van der Waals surface area contributed by atoms with Crippen LogP contribution in [0.25, 0.3) is 15.9 Å². The lowest BCUT2D eigenvalue weighted by Crippen LogP contribution is -2.41. The number of halogens is 3. The summed E-state index contributed by atoms with van der Waals surface area (Å²) in [7, 11) is 0. The molecule has 4 nitrogen and oxygen atoms in total. The molecule has 1 fully saturated rings. The van der Waals surface area contributed by atoms with Crippen molar-refractivity contribution in [2.24, 2.45) is 0 Å². The second-order valence-electron chi connectivity index (χ2n) is 6.77. The number of hydrogen-bond acceptors (Lipinski definition) is 3. The molecule has 3 heterocycles. The molecule has 0 spiro atoms. The number of benzene rings is 1. The highest BCUT2D eigenvalue weighted by Crippen LogP contribution is 2.39. The lowest BCUT2D eigenvalue weighted by molar-refractivity contribution is -0.140. The largest absolute Gasteiger partial charge is 0.435 e. The van der Waals surface area contributed by atoms with Gasteiger partial charge in [-0.05, 0) is 44.4 Å². The van der Waals surface area contributed by atoms with E-state index in [4.69, 9.17) is 0 Å². The number of likely N-dealkylation sites (tertiary alicyclic amines) is 1. The predicted molar refractivity (Wildman–Crippen MR) is 98.3 cm³/mol. The fourth-order valence-electron chi connectivity index (χ4n) is 3.51. The van der Waals surface area contributed by atoms with Gasteiger partial charge >= 0.3 is 6.18 Å². The summed E-state index contributed by atoms with van der Waals surface area (Å²) >= 11 is 1.07. The average Bonchev–Trinajstić information content (AvgIpc) is 3.21. The Bertz CT molecular complexity index is 977. The van der Waals surface area contributed by atoms with E-state index < -0.39 is 11.9 Å². The van der Waals surface area contributed by atoms with Crippen molar-refractivity contribution in [3.63, 3.8) is 0 Å². The van der Waals surface area contributed by atoms with E-state index in [2.05, 4.69) is 5.10 Å². The second kappa shape index (κ2) is 6.67. The molecular weight excluding hydrogens is 375 g/mol. The number of nitrogens with zero attached hydrogens (tertiary/aromatic N) is 3. The Morgan fingerprint density at radius 1 is 1.22 bits per heavy atom. The molecule has 3 aromatic rings. The van der Waals surface area contributed by atoms with Crippen LogP contribution in [0.4, 0.5) is 13.2 Å². The van der Waals surface area contributed by atoms with Crippen molar-refractivity contribution in [3.8, 4) is 5.69 Å². The third-order valence-electron chi connectivity index (χ3n) is 4.90. The van der Waals surface area contributed by atoms with Gasteiger partial charge in [0.2, 0.25) is 0 Å². The maximum Gasteiger partial charge on any atom is 0.435 e. The highest BCUT2D eigenvalue weighted by molar-refractivity contribution is 7.20. The van der Waals surface area contributed by atoms with Gasteiger partial charge in [0.15, 0.2) is 5.69 Å². The second-order valence-corrected chi connectivity index (χ2v) is 7.80. The zero-order chi connectivity index (χ0) is 19.2. The molecule has 1 atom stereocenters. The van der Waals surface area contributed by atoms with Crippen LogP contribution in [0.2, 0.25) is 0 Å². The summed E-state index contributed by atoms with van der Waals surface area (Å²) in [6.45, 7) is 2.63. The van der Waals surface area contributed by atoms with Crippen LogP contribution in [-0.2, 0) is 6.18 Å². The molecule has 1 aliphatic heterocycles. The minimum absolute atomic E-state index is 0.0237. The Balaban J connectivity index is 1.83. The molecule has 1 aliphatic rings. The number of thiophene rings is 1. The average molecular weight is 393 g/mol. The molecule has 1 aromatic carbocycles. The van der Waals surface area contributed by atoms with Crippen molar-refractivity contribution in [2.75, 3.05) is 6.54 Å². The molecule has 4 rings (SSSR count). The third kappa shape index (κ3) is 3.22. The number of para-hydroxylation sites is 1. The number of amides is 1. The highest BCUT2D eigenvalue weighted by atomic mass is 32.1. The van der Waals surface area contributed by atoms with E-state index in [1.54, 1.807) is 35.2 Å². The first kappa shape index (κ1) is 18.0. The normalized spacial score (nSPS) is 18.2. The van der Waals surface area contributed by atoms with Crippen LogP contribution in [-0.4, -0.2) is 33.2 Å². The number of fused-ring (bicyclic) bond motifs is 1. The van der Waals surface area contributed by atoms with E-state index >= 15 is 0 Å². The van der Waals surface area contributed by atoms with E-state index in [9.17, 15) is 18.0 Å². The number of hydrogen-bond donors (Lipinski definition) is 0. The smallest absolute Gasteiger partial charge is 0.335 e. The molecule has 0 unspecified atom stereocenters. The van der Waals surface area contributed by atoms with Crippen molar-refractivity contribution < 1.29 is 18.0 Å². The maximum absolute atomic E-state index is 13.5. The predicted octanol–water partition coefficient (Wildman–Crippen LogP) is 5.12. The van der Waals surface area contributed by atoms with Crippen molar-refractivity contribution in [1.82, 2.24) is 14.7 Å². The Morgan fingerprint density at radius 3 is 2.63 bits per heavy atom. The summed E-state index contributed by atoms with van der Waals surface area (Å²) in [5.41, 5.74) is -0.423. The van der Waals surface area contributed by atoms with Crippen molar-refractivity contribution >= 4 is 27.5 Å². The highest BCUT2D eigenvalue weighted by Gasteiger charge is 2.38. The van der Waals surface area contributed by atoms with Gasteiger partial charge in [0, 0.05) is 18.0 Å². The van der Waals surface area contributed by atoms with Crippen LogP contribution in [0.3, 0.4) is 0 Å². The molecule has 2 aromatic heterocycles. The molecule has 8 heteroatoms. The minimum atomic E-state index is -4.59. The molecule has 0 N–H and O–H groups in total. The van der Waals surface area contributed by atoms with E-state index in [1.807, 2.05) is 6.92 Å². The SMILES string of the molecule is C[C@@H]1CCCCN1C(=O)c1cc2c(C(F)(F)F)nn(-c3ccccc3)c2s1. The lowest BCUT2D eigenvalue weighted by Gasteiger charge is -2.33. The van der Waals surface area contributed by atoms with Gasteiger partial charge in [0.25, 0.3) is 5.91 Å².